The van der Waals surface area contributed by atoms with E-state index in [2.05, 4.69) is 26.2 Å². The summed E-state index contributed by atoms with van der Waals surface area (Å²) in [5, 5.41) is 4.52. The highest BCUT2D eigenvalue weighted by molar-refractivity contribution is 9.10. The van der Waals surface area contributed by atoms with Crippen molar-refractivity contribution < 1.29 is 9.59 Å². The number of fused-ring (bicyclic) bond motifs is 1. The SMILES string of the molecule is O=C1CN(C(=O)c2sccc2Br)c2ncccc2N1. The predicted octanol–water partition coefficient (Wildman–Crippen LogP) is 2.50. The Morgan fingerprint density at radius 2 is 2.32 bits per heavy atom. The number of rotatable bonds is 1. The smallest absolute Gasteiger partial charge is 0.271 e. The van der Waals surface area contributed by atoms with Crippen molar-refractivity contribution in [2.24, 2.45) is 0 Å². The van der Waals surface area contributed by atoms with Gasteiger partial charge in [-0.25, -0.2) is 4.98 Å². The number of hydrogen-bond donors (Lipinski definition) is 1. The Morgan fingerprint density at radius 3 is 3.05 bits per heavy atom. The molecule has 0 radical (unpaired) electrons. The summed E-state index contributed by atoms with van der Waals surface area (Å²) < 4.78 is 0.728. The number of thiophene rings is 1. The molecule has 0 bridgehead atoms. The second kappa shape index (κ2) is 4.75. The van der Waals surface area contributed by atoms with Crippen LogP contribution in [0.3, 0.4) is 0 Å². The molecule has 0 aliphatic carbocycles. The van der Waals surface area contributed by atoms with E-state index in [1.54, 1.807) is 24.4 Å². The van der Waals surface area contributed by atoms with Gasteiger partial charge in [-0.3, -0.25) is 14.5 Å². The predicted molar refractivity (Wildman–Crippen MR) is 76.6 cm³/mol. The summed E-state index contributed by atoms with van der Waals surface area (Å²) >= 11 is 4.66. The molecule has 7 heteroatoms. The van der Waals surface area contributed by atoms with Gasteiger partial charge in [0, 0.05) is 10.7 Å². The molecule has 2 aromatic rings. The number of anilines is 2. The molecule has 1 aliphatic heterocycles. The molecule has 0 spiro atoms. The van der Waals surface area contributed by atoms with Crippen molar-refractivity contribution in [2.45, 2.75) is 0 Å². The van der Waals surface area contributed by atoms with Crippen LogP contribution >= 0.6 is 27.3 Å². The first-order valence-corrected chi connectivity index (χ1v) is 7.14. The zero-order chi connectivity index (χ0) is 13.4. The quantitative estimate of drug-likeness (QED) is 0.869. The second-order valence-electron chi connectivity index (χ2n) is 3.91. The van der Waals surface area contributed by atoms with Crippen LogP contribution in [0.2, 0.25) is 0 Å². The van der Waals surface area contributed by atoms with E-state index in [1.807, 2.05) is 5.38 Å². The van der Waals surface area contributed by atoms with Crippen molar-refractivity contribution in [3.05, 3.63) is 39.1 Å². The minimum absolute atomic E-state index is 0.0206. The molecule has 0 aromatic carbocycles. The zero-order valence-corrected chi connectivity index (χ0v) is 12.0. The number of amides is 2. The first kappa shape index (κ1) is 12.3. The maximum Gasteiger partial charge on any atom is 0.271 e. The van der Waals surface area contributed by atoms with Gasteiger partial charge in [0.15, 0.2) is 5.82 Å². The summed E-state index contributed by atoms with van der Waals surface area (Å²) in [6, 6.07) is 5.25. The summed E-state index contributed by atoms with van der Waals surface area (Å²) in [5.74, 6) is 0.0330. The average Bonchev–Trinajstić information content (AvgIpc) is 2.83. The standard InChI is InChI=1S/C12H8BrN3O2S/c13-7-3-5-19-10(7)12(18)16-6-9(17)15-8-2-1-4-14-11(8)16/h1-5H,6H2,(H,15,17). The van der Waals surface area contributed by atoms with Gasteiger partial charge >= 0.3 is 0 Å². The molecule has 0 saturated carbocycles. The molecule has 0 saturated heterocycles. The average molecular weight is 338 g/mol. The van der Waals surface area contributed by atoms with E-state index in [-0.39, 0.29) is 18.4 Å². The monoisotopic (exact) mass is 337 g/mol. The van der Waals surface area contributed by atoms with Gasteiger partial charge < -0.3 is 5.32 Å². The Bertz CT molecular complexity index is 670. The Balaban J connectivity index is 2.04. The fraction of sp³-hybridized carbons (Fsp3) is 0.0833. The van der Waals surface area contributed by atoms with Crippen molar-refractivity contribution in [2.75, 3.05) is 16.8 Å². The highest BCUT2D eigenvalue weighted by Crippen LogP contribution is 2.31. The number of pyridine rings is 1. The lowest BCUT2D eigenvalue weighted by atomic mass is 10.2. The number of carbonyl (C=O) groups is 2. The van der Waals surface area contributed by atoms with E-state index < -0.39 is 0 Å². The number of aromatic nitrogens is 1. The van der Waals surface area contributed by atoms with Crippen LogP contribution in [0.15, 0.2) is 34.2 Å². The molecule has 0 atom stereocenters. The number of hydrogen-bond acceptors (Lipinski definition) is 4. The third-order valence-electron chi connectivity index (χ3n) is 2.67. The second-order valence-corrected chi connectivity index (χ2v) is 5.68. The largest absolute Gasteiger partial charge is 0.321 e. The van der Waals surface area contributed by atoms with E-state index >= 15 is 0 Å². The zero-order valence-electron chi connectivity index (χ0n) is 9.59. The number of nitrogens with one attached hydrogen (secondary N) is 1. The topological polar surface area (TPSA) is 62.3 Å². The maximum absolute atomic E-state index is 12.5. The van der Waals surface area contributed by atoms with E-state index in [0.717, 1.165) is 4.47 Å². The summed E-state index contributed by atoms with van der Waals surface area (Å²) in [7, 11) is 0. The van der Waals surface area contributed by atoms with Crippen molar-refractivity contribution in [1.82, 2.24) is 4.98 Å². The van der Waals surface area contributed by atoms with Crippen LogP contribution in [0.5, 0.6) is 0 Å². The number of nitrogens with zero attached hydrogens (tertiary/aromatic N) is 2. The van der Waals surface area contributed by atoms with Crippen molar-refractivity contribution in [3.63, 3.8) is 0 Å². The molecule has 3 heterocycles. The maximum atomic E-state index is 12.5. The Morgan fingerprint density at radius 1 is 1.47 bits per heavy atom. The van der Waals surface area contributed by atoms with E-state index in [0.29, 0.717) is 16.4 Å². The Labute approximate surface area is 121 Å². The Hall–Kier alpha value is -1.73. The number of carbonyl (C=O) groups excluding carboxylic acids is 2. The highest BCUT2D eigenvalue weighted by Gasteiger charge is 2.30. The van der Waals surface area contributed by atoms with Crippen molar-refractivity contribution >= 4 is 50.6 Å². The fourth-order valence-corrected chi connectivity index (χ4v) is 3.34. The lowest BCUT2D eigenvalue weighted by Gasteiger charge is -2.27. The van der Waals surface area contributed by atoms with Gasteiger partial charge in [-0.15, -0.1) is 11.3 Å². The van der Waals surface area contributed by atoms with Gasteiger partial charge in [-0.2, -0.15) is 0 Å². The molecule has 2 amide bonds. The van der Waals surface area contributed by atoms with Crippen LogP contribution in [0, 0.1) is 0 Å². The van der Waals surface area contributed by atoms with Crippen LogP contribution in [-0.4, -0.2) is 23.3 Å². The van der Waals surface area contributed by atoms with Gasteiger partial charge in [-0.05, 0) is 39.5 Å². The highest BCUT2D eigenvalue weighted by atomic mass is 79.9. The summed E-state index contributed by atoms with van der Waals surface area (Å²) in [6.45, 7) is -0.0206. The van der Waals surface area contributed by atoms with Crippen LogP contribution in [0.25, 0.3) is 0 Å². The summed E-state index contributed by atoms with van der Waals surface area (Å²) in [5.41, 5.74) is 0.555. The third kappa shape index (κ3) is 2.15. The van der Waals surface area contributed by atoms with E-state index in [1.165, 1.54) is 16.2 Å². The van der Waals surface area contributed by atoms with Gasteiger partial charge in [0.1, 0.15) is 11.4 Å². The molecule has 96 valence electrons. The van der Waals surface area contributed by atoms with Crippen LogP contribution in [0.1, 0.15) is 9.67 Å². The Kier molecular flexibility index (Phi) is 3.08. The molecule has 3 rings (SSSR count). The molecule has 1 N–H and O–H groups in total. The van der Waals surface area contributed by atoms with E-state index in [4.69, 9.17) is 0 Å². The van der Waals surface area contributed by atoms with Crippen LogP contribution in [-0.2, 0) is 4.79 Å². The molecule has 0 fully saturated rings. The first-order chi connectivity index (χ1) is 9.16. The van der Waals surface area contributed by atoms with Gasteiger partial charge in [0.2, 0.25) is 5.91 Å². The molecule has 0 unspecified atom stereocenters. The van der Waals surface area contributed by atoms with Crippen molar-refractivity contribution in [3.8, 4) is 0 Å². The first-order valence-electron chi connectivity index (χ1n) is 5.46. The minimum Gasteiger partial charge on any atom is -0.321 e. The normalized spacial score (nSPS) is 13.9. The van der Waals surface area contributed by atoms with Gasteiger partial charge in [0.25, 0.3) is 5.91 Å². The molecule has 1 aliphatic rings. The molecular formula is C12H8BrN3O2S. The lowest BCUT2D eigenvalue weighted by molar-refractivity contribution is -0.115. The van der Waals surface area contributed by atoms with Crippen LogP contribution < -0.4 is 10.2 Å². The molecular weight excluding hydrogens is 330 g/mol. The molecule has 19 heavy (non-hydrogen) atoms. The van der Waals surface area contributed by atoms with Gasteiger partial charge in [-0.1, -0.05) is 0 Å². The van der Waals surface area contributed by atoms with Gasteiger partial charge in [0.05, 0.1) is 5.69 Å². The molecule has 5 nitrogen and oxygen atoms in total. The third-order valence-corrected chi connectivity index (χ3v) is 4.50. The summed E-state index contributed by atoms with van der Waals surface area (Å²) in [4.78, 5) is 30.3. The fourth-order valence-electron chi connectivity index (χ4n) is 1.85. The lowest BCUT2D eigenvalue weighted by Crippen LogP contribution is -2.42. The van der Waals surface area contributed by atoms with Crippen LogP contribution in [0.4, 0.5) is 11.5 Å². The van der Waals surface area contributed by atoms with E-state index in [9.17, 15) is 9.59 Å². The molecule has 2 aromatic heterocycles. The summed E-state index contributed by atoms with van der Waals surface area (Å²) in [6.07, 6.45) is 1.60. The number of halogens is 1. The van der Waals surface area contributed by atoms with Crippen molar-refractivity contribution in [1.29, 1.82) is 0 Å². The minimum atomic E-state index is -0.225.